The minimum absolute atomic E-state index is 0.0771. The fourth-order valence-electron chi connectivity index (χ4n) is 3.03. The lowest BCUT2D eigenvalue weighted by Crippen LogP contribution is -2.30. The van der Waals surface area contributed by atoms with Crippen LogP contribution in [0.3, 0.4) is 0 Å². The number of carbonyl (C=O) groups is 1. The maximum atomic E-state index is 12.5. The maximum Gasteiger partial charge on any atom is 0.224 e. The Labute approximate surface area is 139 Å². The first-order chi connectivity index (χ1) is 10.9. The summed E-state index contributed by atoms with van der Waals surface area (Å²) < 4.78 is 0. The van der Waals surface area contributed by atoms with Crippen LogP contribution in [-0.4, -0.2) is 5.91 Å². The molecule has 1 atom stereocenters. The zero-order chi connectivity index (χ0) is 17.0. The lowest BCUT2D eigenvalue weighted by molar-refractivity contribution is -0.121. The molecule has 0 aliphatic rings. The van der Waals surface area contributed by atoms with Gasteiger partial charge in [-0.05, 0) is 56.4 Å². The monoisotopic (exact) mass is 309 g/mol. The molecule has 0 saturated heterocycles. The summed E-state index contributed by atoms with van der Waals surface area (Å²) in [5, 5.41) is 3.20. The Kier molecular flexibility index (Phi) is 5.59. The van der Waals surface area contributed by atoms with Crippen molar-refractivity contribution in [3.8, 4) is 0 Å². The molecule has 2 nitrogen and oxygen atoms in total. The summed E-state index contributed by atoms with van der Waals surface area (Å²) in [5.41, 5.74) is 7.18. The molecular formula is C21H27NO. The van der Waals surface area contributed by atoms with Crippen LogP contribution in [0.1, 0.15) is 52.8 Å². The Bertz CT molecular complexity index is 703. The maximum absolute atomic E-state index is 12.5. The number of hydrogen-bond acceptors (Lipinski definition) is 1. The molecule has 0 spiro atoms. The van der Waals surface area contributed by atoms with E-state index in [4.69, 9.17) is 0 Å². The fourth-order valence-corrected chi connectivity index (χ4v) is 3.03. The van der Waals surface area contributed by atoms with Gasteiger partial charge in [-0.25, -0.2) is 0 Å². The van der Waals surface area contributed by atoms with Crippen LogP contribution in [0.15, 0.2) is 36.4 Å². The fraction of sp³-hybridized carbons (Fsp3) is 0.381. The number of hydrogen-bond donors (Lipinski definition) is 1. The van der Waals surface area contributed by atoms with E-state index < -0.39 is 0 Å². The molecule has 0 aromatic heterocycles. The Balaban J connectivity index is 2.12. The van der Waals surface area contributed by atoms with Gasteiger partial charge in [0, 0.05) is 0 Å². The molecular weight excluding hydrogens is 282 g/mol. The first-order valence-electron chi connectivity index (χ1n) is 8.33. The summed E-state index contributed by atoms with van der Waals surface area (Å²) in [7, 11) is 0. The SMILES string of the molecule is CC[C@H](NC(=O)Cc1cc(C)ccc1C)c1ccc(C)cc1C. The molecule has 122 valence electrons. The quantitative estimate of drug-likeness (QED) is 0.850. The van der Waals surface area contributed by atoms with Crippen LogP contribution in [-0.2, 0) is 11.2 Å². The first kappa shape index (κ1) is 17.3. The van der Waals surface area contributed by atoms with E-state index in [0.29, 0.717) is 6.42 Å². The number of rotatable bonds is 5. The molecule has 2 aromatic carbocycles. The molecule has 0 unspecified atom stereocenters. The standard InChI is InChI=1S/C21H27NO/c1-6-20(19-10-8-14(2)11-17(19)5)22-21(23)13-18-12-15(3)7-9-16(18)4/h7-12,20H,6,13H2,1-5H3,(H,22,23)/t20-/m0/s1. The summed E-state index contributed by atoms with van der Waals surface area (Å²) in [5.74, 6) is 0.0884. The van der Waals surface area contributed by atoms with Crippen molar-refractivity contribution in [1.29, 1.82) is 0 Å². The van der Waals surface area contributed by atoms with Crippen molar-refractivity contribution in [1.82, 2.24) is 5.32 Å². The van der Waals surface area contributed by atoms with E-state index in [1.165, 1.54) is 27.8 Å². The van der Waals surface area contributed by atoms with Crippen molar-refractivity contribution in [2.45, 2.75) is 53.5 Å². The van der Waals surface area contributed by atoms with E-state index in [9.17, 15) is 4.79 Å². The Morgan fingerprint density at radius 3 is 2.26 bits per heavy atom. The second kappa shape index (κ2) is 7.45. The molecule has 2 aromatic rings. The van der Waals surface area contributed by atoms with Crippen LogP contribution in [0.25, 0.3) is 0 Å². The highest BCUT2D eigenvalue weighted by Crippen LogP contribution is 2.22. The third-order valence-electron chi connectivity index (χ3n) is 4.40. The van der Waals surface area contributed by atoms with Gasteiger partial charge in [0.15, 0.2) is 0 Å². The number of aryl methyl sites for hydroxylation is 4. The van der Waals surface area contributed by atoms with Crippen molar-refractivity contribution in [2.75, 3.05) is 0 Å². The highest BCUT2D eigenvalue weighted by molar-refractivity contribution is 5.79. The Morgan fingerprint density at radius 1 is 0.957 bits per heavy atom. The third kappa shape index (κ3) is 4.44. The van der Waals surface area contributed by atoms with Crippen LogP contribution < -0.4 is 5.32 Å². The van der Waals surface area contributed by atoms with E-state index in [0.717, 1.165) is 12.0 Å². The number of carbonyl (C=O) groups excluding carboxylic acids is 1. The van der Waals surface area contributed by atoms with E-state index in [-0.39, 0.29) is 11.9 Å². The third-order valence-corrected chi connectivity index (χ3v) is 4.40. The summed E-state index contributed by atoms with van der Waals surface area (Å²) in [6.07, 6.45) is 1.33. The summed E-state index contributed by atoms with van der Waals surface area (Å²) in [6.45, 7) is 10.4. The topological polar surface area (TPSA) is 29.1 Å². The van der Waals surface area contributed by atoms with Gasteiger partial charge in [0.05, 0.1) is 12.5 Å². The van der Waals surface area contributed by atoms with Gasteiger partial charge in [-0.15, -0.1) is 0 Å². The smallest absolute Gasteiger partial charge is 0.224 e. The van der Waals surface area contributed by atoms with Crippen molar-refractivity contribution in [3.05, 3.63) is 69.8 Å². The van der Waals surface area contributed by atoms with E-state index >= 15 is 0 Å². The average Bonchev–Trinajstić information content (AvgIpc) is 2.49. The highest BCUT2D eigenvalue weighted by atomic mass is 16.1. The second-order valence-electron chi connectivity index (χ2n) is 6.50. The van der Waals surface area contributed by atoms with Crippen LogP contribution in [0, 0.1) is 27.7 Å². The summed E-state index contributed by atoms with van der Waals surface area (Å²) in [4.78, 5) is 12.5. The molecule has 1 amide bonds. The lowest BCUT2D eigenvalue weighted by atomic mass is 9.97. The van der Waals surface area contributed by atoms with Crippen molar-refractivity contribution in [3.63, 3.8) is 0 Å². The van der Waals surface area contributed by atoms with Gasteiger partial charge >= 0.3 is 0 Å². The van der Waals surface area contributed by atoms with Crippen LogP contribution in [0.5, 0.6) is 0 Å². The largest absolute Gasteiger partial charge is 0.349 e. The van der Waals surface area contributed by atoms with Gasteiger partial charge in [0.25, 0.3) is 0 Å². The predicted octanol–water partition coefficient (Wildman–Crippen LogP) is 4.73. The van der Waals surface area contributed by atoms with Crippen LogP contribution in [0.4, 0.5) is 0 Å². The molecule has 0 radical (unpaired) electrons. The van der Waals surface area contributed by atoms with Gasteiger partial charge in [0.1, 0.15) is 0 Å². The molecule has 2 heteroatoms. The van der Waals surface area contributed by atoms with Gasteiger partial charge < -0.3 is 5.32 Å². The van der Waals surface area contributed by atoms with E-state index in [1.807, 2.05) is 0 Å². The van der Waals surface area contributed by atoms with Gasteiger partial charge in [-0.1, -0.05) is 54.4 Å². The van der Waals surface area contributed by atoms with Crippen LogP contribution in [0.2, 0.25) is 0 Å². The van der Waals surface area contributed by atoms with E-state index in [2.05, 4.69) is 76.3 Å². The zero-order valence-corrected chi connectivity index (χ0v) is 14.9. The number of nitrogens with one attached hydrogen (secondary N) is 1. The summed E-state index contributed by atoms with van der Waals surface area (Å²) in [6, 6.07) is 12.8. The molecule has 0 bridgehead atoms. The minimum atomic E-state index is 0.0771. The molecule has 0 aliphatic heterocycles. The molecule has 0 saturated carbocycles. The molecule has 2 rings (SSSR count). The average molecular weight is 309 g/mol. The summed E-state index contributed by atoms with van der Waals surface area (Å²) >= 11 is 0. The number of amides is 1. The van der Waals surface area contributed by atoms with Crippen molar-refractivity contribution >= 4 is 5.91 Å². The molecule has 0 heterocycles. The molecule has 0 aliphatic carbocycles. The second-order valence-corrected chi connectivity index (χ2v) is 6.50. The van der Waals surface area contributed by atoms with Crippen molar-refractivity contribution in [2.24, 2.45) is 0 Å². The molecule has 1 N–H and O–H groups in total. The van der Waals surface area contributed by atoms with Gasteiger partial charge in [0.2, 0.25) is 5.91 Å². The Morgan fingerprint density at radius 2 is 1.61 bits per heavy atom. The lowest BCUT2D eigenvalue weighted by Gasteiger charge is -2.20. The highest BCUT2D eigenvalue weighted by Gasteiger charge is 2.15. The first-order valence-corrected chi connectivity index (χ1v) is 8.33. The number of benzene rings is 2. The van der Waals surface area contributed by atoms with Crippen LogP contribution >= 0.6 is 0 Å². The Hall–Kier alpha value is -2.09. The van der Waals surface area contributed by atoms with Crippen molar-refractivity contribution < 1.29 is 4.79 Å². The van der Waals surface area contributed by atoms with E-state index in [1.54, 1.807) is 0 Å². The molecule has 0 fully saturated rings. The zero-order valence-electron chi connectivity index (χ0n) is 14.9. The normalized spacial score (nSPS) is 12.0. The predicted molar refractivity (Wildman–Crippen MR) is 96.7 cm³/mol. The van der Waals surface area contributed by atoms with Gasteiger partial charge in [-0.2, -0.15) is 0 Å². The molecule has 23 heavy (non-hydrogen) atoms. The minimum Gasteiger partial charge on any atom is -0.349 e. The van der Waals surface area contributed by atoms with Gasteiger partial charge in [-0.3, -0.25) is 4.79 Å².